The van der Waals surface area contributed by atoms with Crippen molar-refractivity contribution in [3.8, 4) is 0 Å². The summed E-state index contributed by atoms with van der Waals surface area (Å²) in [6.45, 7) is 1.81. The van der Waals surface area contributed by atoms with E-state index in [2.05, 4.69) is 15.9 Å². The molecule has 0 unspecified atom stereocenters. The first-order valence-electron chi connectivity index (χ1n) is 3.31. The average molecular weight is 253 g/mol. The molecule has 0 N–H and O–H groups in total. The van der Waals surface area contributed by atoms with Gasteiger partial charge in [0.15, 0.2) is 0 Å². The quantitative estimate of drug-likeness (QED) is 0.716. The minimum absolute atomic E-state index is 0.576. The van der Waals surface area contributed by atoms with Crippen LogP contribution in [0.5, 0.6) is 0 Å². The molecule has 1 aromatic rings. The summed E-state index contributed by atoms with van der Waals surface area (Å²) in [5.41, 5.74) is 0.864. The van der Waals surface area contributed by atoms with Crippen molar-refractivity contribution < 1.29 is 8.78 Å². The predicted molar refractivity (Wildman–Crippen MR) is 50.7 cm³/mol. The Bertz CT molecular complexity index is 276. The number of halogens is 3. The number of hydrogen-bond donors (Lipinski definition) is 0. The second-order valence-corrected chi connectivity index (χ2v) is 4.13. The lowest BCUT2D eigenvalue weighted by atomic mass is 10.2. The van der Waals surface area contributed by atoms with Gasteiger partial charge in [-0.2, -0.15) is 8.78 Å². The Hall–Kier alpha value is -0.0900. The van der Waals surface area contributed by atoms with E-state index in [-0.39, 0.29) is 0 Å². The molecule has 0 fully saturated rings. The topological polar surface area (TPSA) is 0 Å². The highest BCUT2D eigenvalue weighted by molar-refractivity contribution is 9.10. The third-order valence-electron chi connectivity index (χ3n) is 1.43. The van der Waals surface area contributed by atoms with E-state index < -0.39 is 5.76 Å². The first-order chi connectivity index (χ1) is 5.61. The molecule has 0 bridgehead atoms. The van der Waals surface area contributed by atoms with E-state index in [0.717, 1.165) is 10.0 Å². The highest BCUT2D eigenvalue weighted by atomic mass is 79.9. The summed E-state index contributed by atoms with van der Waals surface area (Å²) in [7, 11) is 0. The van der Waals surface area contributed by atoms with Crippen LogP contribution in [0.4, 0.5) is 8.78 Å². The fourth-order valence-electron chi connectivity index (χ4n) is 0.811. The number of thioether (sulfide) groups is 1. The van der Waals surface area contributed by atoms with Crippen LogP contribution in [0.1, 0.15) is 5.56 Å². The van der Waals surface area contributed by atoms with Gasteiger partial charge in [-0.05, 0) is 24.6 Å². The zero-order valence-electron chi connectivity index (χ0n) is 6.35. The molecule has 0 aliphatic heterocycles. The zero-order chi connectivity index (χ0) is 9.14. The third kappa shape index (κ3) is 2.45. The van der Waals surface area contributed by atoms with Gasteiger partial charge in [-0.25, -0.2) is 0 Å². The van der Waals surface area contributed by atoms with Crippen molar-refractivity contribution in [2.45, 2.75) is 17.6 Å². The van der Waals surface area contributed by atoms with Crippen LogP contribution in [-0.4, -0.2) is 5.76 Å². The lowest BCUT2D eigenvalue weighted by molar-refractivity contribution is 0.252. The Kier molecular flexibility index (Phi) is 3.53. The van der Waals surface area contributed by atoms with Crippen LogP contribution in [-0.2, 0) is 0 Å². The maximum Gasteiger partial charge on any atom is 0.288 e. The van der Waals surface area contributed by atoms with Gasteiger partial charge in [0.05, 0.1) is 0 Å². The average Bonchev–Trinajstić information content (AvgIpc) is 1.98. The molecule has 1 rings (SSSR count). The molecule has 0 amide bonds. The Balaban J connectivity index is 2.92. The van der Waals surface area contributed by atoms with Gasteiger partial charge in [0.2, 0.25) is 0 Å². The minimum atomic E-state index is -2.35. The molecule has 0 nitrogen and oxygen atoms in total. The Morgan fingerprint density at radius 2 is 2.08 bits per heavy atom. The first-order valence-corrected chi connectivity index (χ1v) is 4.98. The highest BCUT2D eigenvalue weighted by Crippen LogP contribution is 2.31. The van der Waals surface area contributed by atoms with Crippen molar-refractivity contribution in [2.75, 3.05) is 0 Å². The second kappa shape index (κ2) is 4.23. The molecular formula is C8H7BrF2S. The Morgan fingerprint density at radius 1 is 1.42 bits per heavy atom. The highest BCUT2D eigenvalue weighted by Gasteiger charge is 2.08. The van der Waals surface area contributed by atoms with Gasteiger partial charge < -0.3 is 0 Å². The lowest BCUT2D eigenvalue weighted by Gasteiger charge is -2.05. The second-order valence-electron chi connectivity index (χ2n) is 2.24. The van der Waals surface area contributed by atoms with E-state index in [1.165, 1.54) is 0 Å². The van der Waals surface area contributed by atoms with E-state index in [1.54, 1.807) is 12.1 Å². The SMILES string of the molecule is Cc1c(Br)cccc1SC(F)F. The first kappa shape index (κ1) is 9.99. The Morgan fingerprint density at radius 3 is 2.67 bits per heavy atom. The van der Waals surface area contributed by atoms with Gasteiger partial charge in [0.1, 0.15) is 0 Å². The van der Waals surface area contributed by atoms with Crippen molar-refractivity contribution in [3.63, 3.8) is 0 Å². The van der Waals surface area contributed by atoms with Crippen LogP contribution in [0.25, 0.3) is 0 Å². The fourth-order valence-corrected chi connectivity index (χ4v) is 1.94. The standard InChI is InChI=1S/C8H7BrF2S/c1-5-6(9)3-2-4-7(5)12-8(10)11/h2-4,8H,1H3. The molecular weight excluding hydrogens is 246 g/mol. The van der Waals surface area contributed by atoms with Crippen LogP contribution in [0.2, 0.25) is 0 Å². The van der Waals surface area contributed by atoms with Gasteiger partial charge in [-0.1, -0.05) is 33.8 Å². The molecule has 0 saturated heterocycles. The van der Waals surface area contributed by atoms with Crippen LogP contribution >= 0.6 is 27.7 Å². The van der Waals surface area contributed by atoms with E-state index >= 15 is 0 Å². The summed E-state index contributed by atoms with van der Waals surface area (Å²) in [6.07, 6.45) is 0. The molecule has 0 heterocycles. The lowest BCUT2D eigenvalue weighted by Crippen LogP contribution is -1.85. The monoisotopic (exact) mass is 252 g/mol. The number of benzene rings is 1. The predicted octanol–water partition coefficient (Wildman–Crippen LogP) is 4.07. The maximum absolute atomic E-state index is 12.0. The molecule has 0 aromatic heterocycles. The molecule has 1 aromatic carbocycles. The summed E-state index contributed by atoms with van der Waals surface area (Å²) in [4.78, 5) is 0.624. The van der Waals surface area contributed by atoms with Crippen molar-refractivity contribution in [2.24, 2.45) is 0 Å². The molecule has 0 spiro atoms. The minimum Gasteiger partial charge on any atom is -0.198 e. The van der Waals surface area contributed by atoms with E-state index in [0.29, 0.717) is 16.7 Å². The van der Waals surface area contributed by atoms with Gasteiger partial charge in [-0.3, -0.25) is 0 Å². The van der Waals surface area contributed by atoms with Crippen molar-refractivity contribution in [1.82, 2.24) is 0 Å². The molecule has 0 radical (unpaired) electrons. The molecule has 4 heteroatoms. The largest absolute Gasteiger partial charge is 0.288 e. The molecule has 0 saturated carbocycles. The summed E-state index contributed by atoms with van der Waals surface area (Å²) < 4.78 is 24.8. The van der Waals surface area contributed by atoms with Gasteiger partial charge in [0.25, 0.3) is 5.76 Å². The van der Waals surface area contributed by atoms with Crippen LogP contribution < -0.4 is 0 Å². The summed E-state index contributed by atoms with van der Waals surface area (Å²) in [5, 5.41) is 0. The number of rotatable bonds is 2. The summed E-state index contributed by atoms with van der Waals surface area (Å²) >= 11 is 3.85. The van der Waals surface area contributed by atoms with Crippen molar-refractivity contribution >= 4 is 27.7 Å². The summed E-state index contributed by atoms with van der Waals surface area (Å²) in [5.74, 6) is -2.35. The van der Waals surface area contributed by atoms with Gasteiger partial charge in [-0.15, -0.1) is 0 Å². The van der Waals surface area contributed by atoms with E-state index in [4.69, 9.17) is 0 Å². The fraction of sp³-hybridized carbons (Fsp3) is 0.250. The maximum atomic E-state index is 12.0. The van der Waals surface area contributed by atoms with Crippen molar-refractivity contribution in [3.05, 3.63) is 28.2 Å². The van der Waals surface area contributed by atoms with Crippen LogP contribution in [0.15, 0.2) is 27.6 Å². The third-order valence-corrected chi connectivity index (χ3v) is 3.17. The van der Waals surface area contributed by atoms with Crippen LogP contribution in [0, 0.1) is 6.92 Å². The van der Waals surface area contributed by atoms with E-state index in [1.807, 2.05) is 13.0 Å². The molecule has 0 atom stereocenters. The molecule has 0 aliphatic carbocycles. The van der Waals surface area contributed by atoms with Crippen molar-refractivity contribution in [1.29, 1.82) is 0 Å². The molecule has 66 valence electrons. The van der Waals surface area contributed by atoms with E-state index in [9.17, 15) is 8.78 Å². The smallest absolute Gasteiger partial charge is 0.198 e. The normalized spacial score (nSPS) is 10.8. The summed E-state index contributed by atoms with van der Waals surface area (Å²) in [6, 6.07) is 5.28. The van der Waals surface area contributed by atoms with Gasteiger partial charge >= 0.3 is 0 Å². The number of alkyl halides is 2. The van der Waals surface area contributed by atoms with Crippen LogP contribution in [0.3, 0.4) is 0 Å². The molecule has 0 aliphatic rings. The zero-order valence-corrected chi connectivity index (χ0v) is 8.75. The number of hydrogen-bond acceptors (Lipinski definition) is 1. The van der Waals surface area contributed by atoms with Gasteiger partial charge in [0, 0.05) is 9.37 Å². The molecule has 12 heavy (non-hydrogen) atoms. The Labute approximate surface area is 82.5 Å².